The summed E-state index contributed by atoms with van der Waals surface area (Å²) in [6, 6.07) is 2.17. The van der Waals surface area contributed by atoms with Crippen LogP contribution >= 0.6 is 0 Å². The van der Waals surface area contributed by atoms with Gasteiger partial charge in [-0.3, -0.25) is 15.1 Å². The Bertz CT molecular complexity index is 361. The average molecular weight is 198 g/mol. The highest BCUT2D eigenvalue weighted by Crippen LogP contribution is 2.14. The molecule has 1 atom stereocenters. The van der Waals surface area contributed by atoms with E-state index in [2.05, 4.69) is 4.98 Å². The van der Waals surface area contributed by atoms with Gasteiger partial charge in [0.05, 0.1) is 10.6 Å². The number of aliphatic hydroxyl groups excluding tert-OH is 1. The third-order valence-corrected chi connectivity index (χ3v) is 1.50. The van der Waals surface area contributed by atoms with E-state index >= 15 is 0 Å². The molecule has 1 aromatic rings. The molecule has 0 bridgehead atoms. The molecule has 7 nitrogen and oxygen atoms in total. The zero-order valence-electron chi connectivity index (χ0n) is 6.82. The van der Waals surface area contributed by atoms with E-state index in [9.17, 15) is 14.9 Å². The van der Waals surface area contributed by atoms with E-state index in [0.29, 0.717) is 0 Å². The molecular formula is C7H6N2O5. The molecule has 0 aromatic carbocycles. The molecule has 1 rings (SSSR count). The molecule has 0 saturated carbocycles. The fourth-order valence-corrected chi connectivity index (χ4v) is 0.794. The highest BCUT2D eigenvalue weighted by atomic mass is 16.6. The second-order valence-electron chi connectivity index (χ2n) is 2.44. The quantitative estimate of drug-likeness (QED) is 0.526. The van der Waals surface area contributed by atoms with Gasteiger partial charge in [0.15, 0.2) is 6.10 Å². The van der Waals surface area contributed by atoms with Crippen molar-refractivity contribution in [3.63, 3.8) is 0 Å². The maximum absolute atomic E-state index is 10.3. The molecule has 74 valence electrons. The highest BCUT2D eigenvalue weighted by Gasteiger charge is 2.18. The van der Waals surface area contributed by atoms with Crippen molar-refractivity contribution in [2.75, 3.05) is 0 Å². The van der Waals surface area contributed by atoms with Crippen LogP contribution in [0.5, 0.6) is 0 Å². The Morgan fingerprint density at radius 1 is 1.57 bits per heavy atom. The maximum Gasteiger partial charge on any atom is 0.338 e. The van der Waals surface area contributed by atoms with Crippen molar-refractivity contribution in [3.8, 4) is 0 Å². The molecule has 0 fully saturated rings. The van der Waals surface area contributed by atoms with Crippen LogP contribution in [-0.4, -0.2) is 26.1 Å². The molecular weight excluding hydrogens is 192 g/mol. The number of carboxylic acids is 1. The summed E-state index contributed by atoms with van der Waals surface area (Å²) in [4.78, 5) is 23.3. The Kier molecular flexibility index (Phi) is 2.73. The summed E-state index contributed by atoms with van der Waals surface area (Å²) in [5.41, 5.74) is -0.394. The average Bonchev–Trinajstić information content (AvgIpc) is 2.16. The summed E-state index contributed by atoms with van der Waals surface area (Å²) < 4.78 is 0. The fourth-order valence-electron chi connectivity index (χ4n) is 0.794. The number of nitro groups is 1. The number of carbonyl (C=O) groups is 1. The molecule has 7 heteroatoms. The van der Waals surface area contributed by atoms with E-state index < -0.39 is 17.0 Å². The number of hydrogen-bond donors (Lipinski definition) is 2. The summed E-state index contributed by atoms with van der Waals surface area (Å²) >= 11 is 0. The van der Waals surface area contributed by atoms with Gasteiger partial charge >= 0.3 is 5.97 Å². The van der Waals surface area contributed by atoms with Crippen LogP contribution in [0, 0.1) is 10.1 Å². The topological polar surface area (TPSA) is 114 Å². The Balaban J connectivity index is 2.94. The summed E-state index contributed by atoms with van der Waals surface area (Å²) in [6.45, 7) is 0. The fraction of sp³-hybridized carbons (Fsp3) is 0.143. The molecule has 0 aliphatic rings. The lowest BCUT2D eigenvalue weighted by Gasteiger charge is -2.02. The molecule has 1 heterocycles. The van der Waals surface area contributed by atoms with Gasteiger partial charge in [-0.2, -0.15) is 0 Å². The molecule has 0 aliphatic carbocycles. The number of hydrogen-bond acceptors (Lipinski definition) is 5. The number of rotatable bonds is 3. The first-order valence-corrected chi connectivity index (χ1v) is 3.53. The normalized spacial score (nSPS) is 12.1. The monoisotopic (exact) mass is 198 g/mol. The molecule has 0 aliphatic heterocycles. The van der Waals surface area contributed by atoms with Crippen LogP contribution in [0.15, 0.2) is 18.3 Å². The second-order valence-corrected chi connectivity index (χ2v) is 2.44. The lowest BCUT2D eigenvalue weighted by atomic mass is 10.2. The van der Waals surface area contributed by atoms with Crippen LogP contribution in [0.4, 0.5) is 5.69 Å². The van der Waals surface area contributed by atoms with Crippen LogP contribution in [0.1, 0.15) is 11.8 Å². The van der Waals surface area contributed by atoms with Crippen LogP contribution in [-0.2, 0) is 4.79 Å². The van der Waals surface area contributed by atoms with E-state index in [1.165, 1.54) is 0 Å². The molecule has 0 radical (unpaired) electrons. The Labute approximate surface area is 77.8 Å². The van der Waals surface area contributed by atoms with Gasteiger partial charge in [-0.15, -0.1) is 0 Å². The van der Waals surface area contributed by atoms with E-state index in [-0.39, 0.29) is 11.4 Å². The molecule has 0 amide bonds. The summed E-state index contributed by atoms with van der Waals surface area (Å²) in [7, 11) is 0. The zero-order chi connectivity index (χ0) is 10.7. The van der Waals surface area contributed by atoms with Gasteiger partial charge in [-0.1, -0.05) is 0 Å². The molecule has 14 heavy (non-hydrogen) atoms. The molecule has 0 saturated heterocycles. The van der Waals surface area contributed by atoms with Gasteiger partial charge in [-0.05, 0) is 6.07 Å². The van der Waals surface area contributed by atoms with Crippen LogP contribution in [0.25, 0.3) is 0 Å². The lowest BCUT2D eigenvalue weighted by Crippen LogP contribution is -2.11. The van der Waals surface area contributed by atoms with Crippen molar-refractivity contribution in [1.29, 1.82) is 0 Å². The number of carboxylic acid groups (broad SMARTS) is 1. The maximum atomic E-state index is 10.3. The standard InChI is InChI=1S/C7H6N2O5/c10-6(7(11)12)5-2-1-4(3-8-5)9(13)14/h1-3,6,10H,(H,11,12). The van der Waals surface area contributed by atoms with E-state index in [1.807, 2.05) is 0 Å². The number of aliphatic carboxylic acids is 1. The van der Waals surface area contributed by atoms with E-state index in [1.54, 1.807) is 0 Å². The predicted molar refractivity (Wildman–Crippen MR) is 43.5 cm³/mol. The first-order valence-electron chi connectivity index (χ1n) is 3.53. The SMILES string of the molecule is O=C(O)C(O)c1ccc([N+](=O)[O-])cn1. The first-order chi connectivity index (χ1) is 6.52. The van der Waals surface area contributed by atoms with Gasteiger partial charge in [0, 0.05) is 6.07 Å². The third kappa shape index (κ3) is 2.02. The van der Waals surface area contributed by atoms with Crippen molar-refractivity contribution in [1.82, 2.24) is 4.98 Å². The van der Waals surface area contributed by atoms with Gasteiger partial charge < -0.3 is 10.2 Å². The summed E-state index contributed by atoms with van der Waals surface area (Å²) in [5.74, 6) is -1.45. The largest absolute Gasteiger partial charge is 0.479 e. The number of aromatic nitrogens is 1. The van der Waals surface area contributed by atoms with Gasteiger partial charge in [0.25, 0.3) is 5.69 Å². The number of pyridine rings is 1. The summed E-state index contributed by atoms with van der Waals surface area (Å²) in [5, 5.41) is 27.6. The molecule has 2 N–H and O–H groups in total. The predicted octanol–water partition coefficient (Wildman–Crippen LogP) is 0.108. The lowest BCUT2D eigenvalue weighted by molar-refractivity contribution is -0.385. The van der Waals surface area contributed by atoms with Crippen LogP contribution < -0.4 is 0 Å². The smallest absolute Gasteiger partial charge is 0.338 e. The van der Waals surface area contributed by atoms with Crippen LogP contribution in [0.3, 0.4) is 0 Å². The number of nitrogens with zero attached hydrogens (tertiary/aromatic N) is 2. The summed E-state index contributed by atoms with van der Waals surface area (Å²) in [6.07, 6.45) is -0.864. The van der Waals surface area contributed by atoms with Gasteiger partial charge in [0.1, 0.15) is 6.20 Å². The minimum absolute atomic E-state index is 0.136. The minimum Gasteiger partial charge on any atom is -0.479 e. The molecule has 1 aromatic heterocycles. The van der Waals surface area contributed by atoms with Crippen molar-refractivity contribution in [2.45, 2.75) is 6.10 Å². The first kappa shape index (κ1) is 10.1. The van der Waals surface area contributed by atoms with Crippen LogP contribution in [0.2, 0.25) is 0 Å². The highest BCUT2D eigenvalue weighted by molar-refractivity contribution is 5.73. The van der Waals surface area contributed by atoms with Crippen molar-refractivity contribution in [3.05, 3.63) is 34.1 Å². The Morgan fingerprint density at radius 3 is 2.57 bits per heavy atom. The van der Waals surface area contributed by atoms with Crippen molar-refractivity contribution in [2.24, 2.45) is 0 Å². The van der Waals surface area contributed by atoms with Crippen molar-refractivity contribution >= 4 is 11.7 Å². The third-order valence-electron chi connectivity index (χ3n) is 1.50. The zero-order valence-corrected chi connectivity index (χ0v) is 6.82. The Hall–Kier alpha value is -2.02. The van der Waals surface area contributed by atoms with Gasteiger partial charge in [-0.25, -0.2) is 4.79 Å². The van der Waals surface area contributed by atoms with Crippen molar-refractivity contribution < 1.29 is 19.9 Å². The van der Waals surface area contributed by atoms with E-state index in [4.69, 9.17) is 10.2 Å². The van der Waals surface area contributed by atoms with E-state index in [0.717, 1.165) is 18.3 Å². The molecule has 0 spiro atoms. The molecule has 1 unspecified atom stereocenters. The second kappa shape index (κ2) is 3.79. The minimum atomic E-state index is -1.75. The van der Waals surface area contributed by atoms with Gasteiger partial charge in [0.2, 0.25) is 0 Å². The number of aliphatic hydroxyl groups is 1. The Morgan fingerprint density at radius 2 is 2.21 bits per heavy atom.